The van der Waals surface area contributed by atoms with Gasteiger partial charge in [-0.15, -0.1) is 11.8 Å². The second kappa shape index (κ2) is 8.84. The number of rotatable bonds is 6. The highest BCUT2D eigenvalue weighted by molar-refractivity contribution is 8.00. The van der Waals surface area contributed by atoms with Crippen LogP contribution in [0.1, 0.15) is 29.9 Å². The molecule has 2 heterocycles. The first-order valence-corrected chi connectivity index (χ1v) is 10.5. The van der Waals surface area contributed by atoms with Gasteiger partial charge in [-0.3, -0.25) is 9.59 Å². The molecule has 3 rings (SSSR count). The fourth-order valence-corrected chi connectivity index (χ4v) is 4.55. The third kappa shape index (κ3) is 4.42. The SMILES string of the molecule is CC1SCN(C(=O)C(O)[C@H](Cc2ccccc2)NC(=O)c2cccn2C)[C@@H]1C. The molecule has 150 valence electrons. The van der Waals surface area contributed by atoms with Gasteiger partial charge in [0.25, 0.3) is 11.8 Å². The second-order valence-corrected chi connectivity index (χ2v) is 8.60. The molecule has 0 saturated carbocycles. The van der Waals surface area contributed by atoms with Crippen LogP contribution < -0.4 is 5.32 Å². The zero-order chi connectivity index (χ0) is 20.3. The quantitative estimate of drug-likeness (QED) is 0.777. The summed E-state index contributed by atoms with van der Waals surface area (Å²) in [6.07, 6.45) is 0.847. The van der Waals surface area contributed by atoms with Gasteiger partial charge in [-0.2, -0.15) is 0 Å². The van der Waals surface area contributed by atoms with Gasteiger partial charge in [0.2, 0.25) is 0 Å². The maximum Gasteiger partial charge on any atom is 0.268 e. The van der Waals surface area contributed by atoms with Gasteiger partial charge in [0, 0.05) is 24.5 Å². The van der Waals surface area contributed by atoms with Crippen molar-refractivity contribution in [1.82, 2.24) is 14.8 Å². The summed E-state index contributed by atoms with van der Waals surface area (Å²) in [4.78, 5) is 27.4. The number of carbonyl (C=O) groups is 2. The number of hydrogen-bond donors (Lipinski definition) is 2. The van der Waals surface area contributed by atoms with E-state index in [1.54, 1.807) is 46.6 Å². The van der Waals surface area contributed by atoms with Crippen molar-refractivity contribution in [3.63, 3.8) is 0 Å². The number of aliphatic hydroxyl groups excluding tert-OH is 1. The Kier molecular flexibility index (Phi) is 6.46. The van der Waals surface area contributed by atoms with Gasteiger partial charge in [-0.05, 0) is 31.0 Å². The van der Waals surface area contributed by atoms with Crippen LogP contribution in [0.3, 0.4) is 0 Å². The molecule has 7 heteroatoms. The van der Waals surface area contributed by atoms with Gasteiger partial charge in [-0.25, -0.2) is 0 Å². The van der Waals surface area contributed by atoms with Gasteiger partial charge in [0.05, 0.1) is 11.9 Å². The van der Waals surface area contributed by atoms with Crippen LogP contribution in [0.25, 0.3) is 0 Å². The largest absolute Gasteiger partial charge is 0.381 e. The number of nitrogens with one attached hydrogen (secondary N) is 1. The first-order chi connectivity index (χ1) is 13.4. The number of aryl methyl sites for hydroxylation is 1. The van der Waals surface area contributed by atoms with Gasteiger partial charge >= 0.3 is 0 Å². The number of hydrogen-bond acceptors (Lipinski definition) is 4. The van der Waals surface area contributed by atoms with E-state index in [9.17, 15) is 14.7 Å². The van der Waals surface area contributed by atoms with Crippen molar-refractivity contribution in [2.75, 3.05) is 5.88 Å². The summed E-state index contributed by atoms with van der Waals surface area (Å²) in [7, 11) is 1.78. The van der Waals surface area contributed by atoms with Crippen LogP contribution in [0.15, 0.2) is 48.7 Å². The molecule has 2 N–H and O–H groups in total. The summed E-state index contributed by atoms with van der Waals surface area (Å²) in [6, 6.07) is 12.4. The standard InChI is InChI=1S/C21H27N3O3S/c1-14-15(2)28-13-24(14)21(27)19(25)17(12-16-8-5-4-6-9-16)22-20(26)18-10-7-11-23(18)3/h4-11,14-15,17,19,25H,12-13H2,1-3H3,(H,22,26)/t14-,15?,17+,19?/m1/s1. The number of aliphatic hydroxyl groups is 1. The number of nitrogens with zero attached hydrogens (tertiary/aromatic N) is 2. The van der Waals surface area contributed by atoms with E-state index in [4.69, 9.17) is 0 Å². The van der Waals surface area contributed by atoms with Crippen LogP contribution in [0.2, 0.25) is 0 Å². The Morgan fingerprint density at radius 2 is 1.93 bits per heavy atom. The molecule has 0 radical (unpaired) electrons. The van der Waals surface area contributed by atoms with Crippen molar-refractivity contribution < 1.29 is 14.7 Å². The predicted octanol–water partition coefficient (Wildman–Crippen LogP) is 2.04. The average Bonchev–Trinajstić information content (AvgIpc) is 3.26. The Morgan fingerprint density at radius 3 is 2.50 bits per heavy atom. The number of thioether (sulfide) groups is 1. The van der Waals surface area contributed by atoms with E-state index in [0.717, 1.165) is 5.56 Å². The Bertz CT molecular complexity index is 823. The Morgan fingerprint density at radius 1 is 1.21 bits per heavy atom. The van der Waals surface area contributed by atoms with Crippen molar-refractivity contribution in [2.24, 2.45) is 7.05 Å². The maximum absolute atomic E-state index is 13.0. The predicted molar refractivity (Wildman–Crippen MR) is 111 cm³/mol. The Balaban J connectivity index is 1.79. The molecule has 0 aliphatic carbocycles. The number of benzene rings is 1. The summed E-state index contributed by atoms with van der Waals surface area (Å²) < 4.78 is 1.71. The van der Waals surface area contributed by atoms with Crippen molar-refractivity contribution in [2.45, 2.75) is 43.7 Å². The van der Waals surface area contributed by atoms with Crippen LogP contribution in [-0.2, 0) is 18.3 Å². The van der Waals surface area contributed by atoms with Crippen molar-refractivity contribution in [3.8, 4) is 0 Å². The van der Waals surface area contributed by atoms with Crippen LogP contribution in [0, 0.1) is 0 Å². The van der Waals surface area contributed by atoms with Gasteiger partial charge in [0.1, 0.15) is 5.69 Å². The molecule has 1 saturated heterocycles. The molecule has 28 heavy (non-hydrogen) atoms. The fourth-order valence-electron chi connectivity index (χ4n) is 3.36. The van der Waals surface area contributed by atoms with Crippen molar-refractivity contribution in [1.29, 1.82) is 0 Å². The fraction of sp³-hybridized carbons (Fsp3) is 0.429. The summed E-state index contributed by atoms with van der Waals surface area (Å²) in [5.41, 5.74) is 1.43. The van der Waals surface area contributed by atoms with E-state index in [2.05, 4.69) is 12.2 Å². The molecule has 2 amide bonds. The van der Waals surface area contributed by atoms with Crippen LogP contribution in [-0.4, -0.2) is 55.7 Å². The lowest BCUT2D eigenvalue weighted by Crippen LogP contribution is -2.54. The van der Waals surface area contributed by atoms with Gasteiger partial charge in [0.15, 0.2) is 6.10 Å². The normalized spacial score (nSPS) is 21.4. The van der Waals surface area contributed by atoms with E-state index < -0.39 is 12.1 Å². The Labute approximate surface area is 169 Å². The molecule has 1 fully saturated rings. The zero-order valence-electron chi connectivity index (χ0n) is 16.4. The maximum atomic E-state index is 13.0. The molecule has 1 aliphatic rings. The number of carbonyl (C=O) groups excluding carboxylic acids is 2. The lowest BCUT2D eigenvalue weighted by Gasteiger charge is -2.29. The summed E-state index contributed by atoms with van der Waals surface area (Å²) in [5.74, 6) is -0.0860. The minimum atomic E-state index is -1.31. The highest BCUT2D eigenvalue weighted by atomic mass is 32.2. The number of amides is 2. The molecule has 0 bridgehead atoms. The zero-order valence-corrected chi connectivity index (χ0v) is 17.2. The minimum absolute atomic E-state index is 0.0492. The van der Waals surface area contributed by atoms with Crippen molar-refractivity contribution in [3.05, 3.63) is 59.9 Å². The first kappa shape index (κ1) is 20.5. The molecule has 1 aromatic carbocycles. The smallest absolute Gasteiger partial charge is 0.268 e. The summed E-state index contributed by atoms with van der Waals surface area (Å²) in [5, 5.41) is 14.1. The summed E-state index contributed by atoms with van der Waals surface area (Å²) in [6.45, 7) is 4.07. The first-order valence-electron chi connectivity index (χ1n) is 9.44. The molecule has 2 unspecified atom stereocenters. The molecular weight excluding hydrogens is 374 g/mol. The third-order valence-corrected chi connectivity index (χ3v) is 6.70. The van der Waals surface area contributed by atoms with E-state index >= 15 is 0 Å². The average molecular weight is 402 g/mol. The highest BCUT2D eigenvalue weighted by Gasteiger charge is 2.38. The highest BCUT2D eigenvalue weighted by Crippen LogP contribution is 2.29. The molecule has 1 aromatic heterocycles. The third-order valence-electron chi connectivity index (χ3n) is 5.36. The van der Waals surface area contributed by atoms with Crippen LogP contribution >= 0.6 is 11.8 Å². The Hall–Kier alpha value is -2.25. The van der Waals surface area contributed by atoms with Crippen LogP contribution in [0.4, 0.5) is 0 Å². The van der Waals surface area contributed by atoms with E-state index in [1.807, 2.05) is 37.3 Å². The van der Waals surface area contributed by atoms with Gasteiger partial charge in [-0.1, -0.05) is 37.3 Å². The van der Waals surface area contributed by atoms with E-state index in [0.29, 0.717) is 23.2 Å². The van der Waals surface area contributed by atoms with Crippen molar-refractivity contribution >= 4 is 23.6 Å². The second-order valence-electron chi connectivity index (χ2n) is 7.27. The molecular formula is C21H27N3O3S. The topological polar surface area (TPSA) is 74.6 Å². The molecule has 2 aromatic rings. The van der Waals surface area contributed by atoms with Crippen LogP contribution in [0.5, 0.6) is 0 Å². The van der Waals surface area contributed by atoms with E-state index in [-0.39, 0.29) is 17.9 Å². The lowest BCUT2D eigenvalue weighted by atomic mass is 9.99. The van der Waals surface area contributed by atoms with E-state index in [1.165, 1.54) is 0 Å². The minimum Gasteiger partial charge on any atom is -0.381 e. The monoisotopic (exact) mass is 401 g/mol. The molecule has 0 spiro atoms. The molecule has 6 nitrogen and oxygen atoms in total. The molecule has 1 aliphatic heterocycles. The van der Waals surface area contributed by atoms with Gasteiger partial charge < -0.3 is 19.9 Å². The molecule has 4 atom stereocenters. The lowest BCUT2D eigenvalue weighted by molar-refractivity contribution is -0.141. The summed E-state index contributed by atoms with van der Waals surface area (Å²) >= 11 is 1.69. The number of aromatic nitrogens is 1.